The highest BCUT2D eigenvalue weighted by Crippen LogP contribution is 2.25. The number of amides is 1. The lowest BCUT2D eigenvalue weighted by atomic mass is 10.1. The van der Waals surface area contributed by atoms with Crippen LogP contribution in [0.25, 0.3) is 11.3 Å². The Morgan fingerprint density at radius 2 is 1.77 bits per heavy atom. The van der Waals surface area contributed by atoms with Crippen LogP contribution in [0.5, 0.6) is 11.5 Å². The molecule has 1 aromatic heterocycles. The lowest BCUT2D eigenvalue weighted by molar-refractivity contribution is 0.0950. The number of methoxy groups -OCH3 is 2. The van der Waals surface area contributed by atoms with E-state index < -0.39 is 0 Å². The molecule has 1 amide bonds. The number of ether oxygens (including phenoxy) is 2. The van der Waals surface area contributed by atoms with Crippen molar-refractivity contribution in [1.82, 2.24) is 15.3 Å². The lowest BCUT2D eigenvalue weighted by Crippen LogP contribution is -2.23. The zero-order valence-electron chi connectivity index (χ0n) is 17.8. The summed E-state index contributed by atoms with van der Waals surface area (Å²) in [7, 11) is 3.20. The average Bonchev–Trinajstić information content (AvgIpc) is 3.38. The van der Waals surface area contributed by atoms with Gasteiger partial charge in [-0.25, -0.2) is 9.97 Å². The van der Waals surface area contributed by atoms with Crippen LogP contribution in [0.2, 0.25) is 0 Å². The molecule has 0 atom stereocenters. The highest BCUT2D eigenvalue weighted by atomic mass is 16.5. The summed E-state index contributed by atoms with van der Waals surface area (Å²) in [5, 5.41) is 2.94. The highest BCUT2D eigenvalue weighted by molar-refractivity contribution is 5.94. The number of carbonyl (C=O) groups excluding carboxylic acids is 1. The maximum absolute atomic E-state index is 12.6. The molecule has 0 unspecified atom stereocenters. The van der Waals surface area contributed by atoms with Gasteiger partial charge in [0.15, 0.2) is 0 Å². The van der Waals surface area contributed by atoms with E-state index in [4.69, 9.17) is 9.47 Å². The Morgan fingerprint density at radius 3 is 2.48 bits per heavy atom. The van der Waals surface area contributed by atoms with E-state index in [0.717, 1.165) is 35.7 Å². The van der Waals surface area contributed by atoms with Gasteiger partial charge in [0.1, 0.15) is 23.6 Å². The normalized spacial score (nSPS) is 13.2. The van der Waals surface area contributed by atoms with Crippen molar-refractivity contribution >= 4 is 11.7 Å². The van der Waals surface area contributed by atoms with Gasteiger partial charge >= 0.3 is 0 Å². The number of anilines is 1. The Morgan fingerprint density at radius 1 is 1.00 bits per heavy atom. The molecule has 0 bridgehead atoms. The second-order valence-electron chi connectivity index (χ2n) is 7.39. The largest absolute Gasteiger partial charge is 0.497 e. The van der Waals surface area contributed by atoms with Crippen LogP contribution in [0.15, 0.2) is 54.9 Å². The Kier molecular flexibility index (Phi) is 6.31. The SMILES string of the molecule is COc1ccc(CNC(=O)c2ccc(-c3cc(N4CCCC4)ncn3)cc2)c(OC)c1. The first-order valence-corrected chi connectivity index (χ1v) is 10.3. The number of hydrogen-bond donors (Lipinski definition) is 1. The van der Waals surface area contributed by atoms with Gasteiger partial charge in [0.25, 0.3) is 5.91 Å². The molecule has 7 heteroatoms. The van der Waals surface area contributed by atoms with Crippen molar-refractivity contribution < 1.29 is 14.3 Å². The first-order chi connectivity index (χ1) is 15.2. The highest BCUT2D eigenvalue weighted by Gasteiger charge is 2.15. The van der Waals surface area contributed by atoms with Crippen LogP contribution in [-0.4, -0.2) is 43.2 Å². The van der Waals surface area contributed by atoms with E-state index in [9.17, 15) is 4.79 Å². The third-order valence-electron chi connectivity index (χ3n) is 5.46. The molecular formula is C24H26N4O3. The summed E-state index contributed by atoms with van der Waals surface area (Å²) in [6.45, 7) is 2.43. The van der Waals surface area contributed by atoms with Crippen LogP contribution >= 0.6 is 0 Å². The zero-order valence-corrected chi connectivity index (χ0v) is 17.8. The number of rotatable bonds is 7. The van der Waals surface area contributed by atoms with E-state index >= 15 is 0 Å². The number of nitrogens with one attached hydrogen (secondary N) is 1. The molecule has 7 nitrogen and oxygen atoms in total. The van der Waals surface area contributed by atoms with Crippen LogP contribution < -0.4 is 19.7 Å². The molecule has 2 heterocycles. The van der Waals surface area contributed by atoms with Crippen molar-refractivity contribution in [2.24, 2.45) is 0 Å². The molecular weight excluding hydrogens is 392 g/mol. The smallest absolute Gasteiger partial charge is 0.251 e. The number of carbonyl (C=O) groups is 1. The monoisotopic (exact) mass is 418 g/mol. The summed E-state index contributed by atoms with van der Waals surface area (Å²) in [6.07, 6.45) is 4.00. The summed E-state index contributed by atoms with van der Waals surface area (Å²) in [5.41, 5.74) is 3.27. The van der Waals surface area contributed by atoms with Gasteiger partial charge in [-0.15, -0.1) is 0 Å². The fourth-order valence-corrected chi connectivity index (χ4v) is 3.69. The van der Waals surface area contributed by atoms with E-state index in [1.54, 1.807) is 26.6 Å². The third kappa shape index (κ3) is 4.77. The van der Waals surface area contributed by atoms with E-state index in [1.165, 1.54) is 12.8 Å². The first-order valence-electron chi connectivity index (χ1n) is 10.3. The van der Waals surface area contributed by atoms with Gasteiger partial charge in [0.05, 0.1) is 19.9 Å². The van der Waals surface area contributed by atoms with Crippen molar-refractivity contribution in [3.05, 3.63) is 66.0 Å². The standard InChI is InChI=1S/C24H26N4O3/c1-30-20-10-9-19(22(13-20)31-2)15-25-24(29)18-7-5-17(6-8-18)21-14-23(27-16-26-21)28-11-3-4-12-28/h5-10,13-14,16H,3-4,11-12,15H2,1-2H3,(H,25,29). The molecule has 3 aromatic rings. The van der Waals surface area contributed by atoms with Crippen molar-refractivity contribution in [1.29, 1.82) is 0 Å². The number of aromatic nitrogens is 2. The van der Waals surface area contributed by atoms with Crippen LogP contribution in [-0.2, 0) is 6.54 Å². The molecule has 0 saturated carbocycles. The Balaban J connectivity index is 1.42. The van der Waals surface area contributed by atoms with E-state index in [0.29, 0.717) is 23.6 Å². The average molecular weight is 418 g/mol. The van der Waals surface area contributed by atoms with Gasteiger partial charge in [-0.2, -0.15) is 0 Å². The van der Waals surface area contributed by atoms with Crippen molar-refractivity contribution in [2.75, 3.05) is 32.2 Å². The quantitative estimate of drug-likeness (QED) is 0.631. The first kappa shape index (κ1) is 20.7. The molecule has 1 fully saturated rings. The van der Waals surface area contributed by atoms with Gasteiger partial charge in [-0.05, 0) is 37.1 Å². The van der Waals surface area contributed by atoms with Gasteiger partial charge in [0, 0.05) is 48.5 Å². The van der Waals surface area contributed by atoms with E-state index in [2.05, 4.69) is 20.2 Å². The van der Waals surface area contributed by atoms with Crippen molar-refractivity contribution in [2.45, 2.75) is 19.4 Å². The zero-order chi connectivity index (χ0) is 21.6. The molecule has 0 spiro atoms. The fourth-order valence-electron chi connectivity index (χ4n) is 3.69. The minimum Gasteiger partial charge on any atom is -0.497 e. The van der Waals surface area contributed by atoms with Gasteiger partial charge < -0.3 is 19.7 Å². The van der Waals surface area contributed by atoms with Crippen LogP contribution in [0, 0.1) is 0 Å². The maximum Gasteiger partial charge on any atom is 0.251 e. The maximum atomic E-state index is 12.6. The molecule has 4 rings (SSSR count). The molecule has 1 saturated heterocycles. The van der Waals surface area contributed by atoms with E-state index in [1.807, 2.05) is 42.5 Å². The molecule has 1 aliphatic heterocycles. The van der Waals surface area contributed by atoms with E-state index in [-0.39, 0.29) is 5.91 Å². The van der Waals surface area contributed by atoms with Gasteiger partial charge in [-0.1, -0.05) is 12.1 Å². The molecule has 1 N–H and O–H groups in total. The van der Waals surface area contributed by atoms with Gasteiger partial charge in [0.2, 0.25) is 0 Å². The Bertz CT molecular complexity index is 1050. The number of benzene rings is 2. The van der Waals surface area contributed by atoms with Crippen LogP contribution in [0.3, 0.4) is 0 Å². The van der Waals surface area contributed by atoms with Crippen molar-refractivity contribution in [3.63, 3.8) is 0 Å². The minimum absolute atomic E-state index is 0.148. The van der Waals surface area contributed by atoms with Crippen LogP contribution in [0.1, 0.15) is 28.8 Å². The Labute approximate surface area is 182 Å². The topological polar surface area (TPSA) is 76.6 Å². The Hall–Kier alpha value is -3.61. The van der Waals surface area contributed by atoms with Gasteiger partial charge in [-0.3, -0.25) is 4.79 Å². The number of nitrogens with zero attached hydrogens (tertiary/aromatic N) is 3. The summed E-state index contributed by atoms with van der Waals surface area (Å²) in [6, 6.07) is 15.0. The number of hydrogen-bond acceptors (Lipinski definition) is 6. The molecule has 31 heavy (non-hydrogen) atoms. The lowest BCUT2D eigenvalue weighted by Gasteiger charge is -2.16. The molecule has 0 aliphatic carbocycles. The second-order valence-corrected chi connectivity index (χ2v) is 7.39. The molecule has 0 radical (unpaired) electrons. The fraction of sp³-hybridized carbons (Fsp3) is 0.292. The predicted octanol–water partition coefficient (Wildman–Crippen LogP) is 3.69. The van der Waals surface area contributed by atoms with Crippen molar-refractivity contribution in [3.8, 4) is 22.8 Å². The second kappa shape index (κ2) is 9.47. The summed E-state index contributed by atoms with van der Waals surface area (Å²) in [5.74, 6) is 2.19. The summed E-state index contributed by atoms with van der Waals surface area (Å²) < 4.78 is 10.6. The molecule has 1 aliphatic rings. The minimum atomic E-state index is -0.148. The summed E-state index contributed by atoms with van der Waals surface area (Å²) >= 11 is 0. The van der Waals surface area contributed by atoms with Crippen LogP contribution in [0.4, 0.5) is 5.82 Å². The predicted molar refractivity (Wildman–Crippen MR) is 120 cm³/mol. The molecule has 2 aromatic carbocycles. The molecule has 160 valence electrons. The summed E-state index contributed by atoms with van der Waals surface area (Å²) in [4.78, 5) is 23.7. The third-order valence-corrected chi connectivity index (χ3v) is 5.46.